The highest BCUT2D eigenvalue weighted by molar-refractivity contribution is 9.10. The van der Waals surface area contributed by atoms with Crippen molar-refractivity contribution < 1.29 is 23.5 Å². The summed E-state index contributed by atoms with van der Waals surface area (Å²) in [5.41, 5.74) is 0.571. The van der Waals surface area contributed by atoms with Gasteiger partial charge in [0.15, 0.2) is 0 Å². The number of imide groups is 1. The predicted molar refractivity (Wildman–Crippen MR) is 112 cm³/mol. The molecule has 0 atom stereocenters. The van der Waals surface area contributed by atoms with Crippen molar-refractivity contribution in [3.05, 3.63) is 64.0 Å². The first-order valence-corrected chi connectivity index (χ1v) is 9.43. The summed E-state index contributed by atoms with van der Waals surface area (Å²) in [5, 5.41) is 4.75. The molecule has 30 heavy (non-hydrogen) atoms. The number of rotatable bonds is 6. The van der Waals surface area contributed by atoms with Crippen LogP contribution >= 0.6 is 15.9 Å². The van der Waals surface area contributed by atoms with E-state index in [0.29, 0.717) is 15.8 Å². The molecular formula is C21H15BrFN3O4. The second-order valence-corrected chi connectivity index (χ2v) is 6.94. The zero-order valence-corrected chi connectivity index (χ0v) is 17.0. The fourth-order valence-corrected chi connectivity index (χ4v) is 3.13. The molecule has 7 nitrogen and oxygen atoms in total. The Hall–Kier alpha value is -3.64. The van der Waals surface area contributed by atoms with Gasteiger partial charge in [0.1, 0.15) is 30.4 Å². The lowest BCUT2D eigenvalue weighted by atomic mass is 10.2. The largest absolute Gasteiger partial charge is 0.480 e. The summed E-state index contributed by atoms with van der Waals surface area (Å²) in [5.74, 6) is 0.890. The van der Waals surface area contributed by atoms with Gasteiger partial charge in [-0.3, -0.25) is 9.59 Å². The number of hydrogen-bond donors (Lipinski definition) is 2. The summed E-state index contributed by atoms with van der Waals surface area (Å²) < 4.78 is 19.6. The number of urea groups is 1. The number of halogens is 2. The van der Waals surface area contributed by atoms with Crippen LogP contribution in [0.1, 0.15) is 5.56 Å². The van der Waals surface area contributed by atoms with Gasteiger partial charge in [0.2, 0.25) is 5.91 Å². The van der Waals surface area contributed by atoms with Gasteiger partial charge < -0.3 is 15.4 Å². The summed E-state index contributed by atoms with van der Waals surface area (Å²) in [4.78, 5) is 37.5. The number of nitrogens with one attached hydrogen (secondary N) is 2. The third-order valence-electron chi connectivity index (χ3n) is 3.99. The first-order chi connectivity index (χ1) is 14.4. The SMILES string of the molecule is C#CCOc1ccc(/C=C2/NC(=O)N(CC(=O)Nc3ccccc3F)C2=O)cc1Br. The van der Waals surface area contributed by atoms with Crippen LogP contribution in [0.4, 0.5) is 14.9 Å². The summed E-state index contributed by atoms with van der Waals surface area (Å²) in [6.07, 6.45) is 6.63. The number of para-hydroxylation sites is 1. The van der Waals surface area contributed by atoms with Gasteiger partial charge in [-0.2, -0.15) is 0 Å². The van der Waals surface area contributed by atoms with E-state index in [1.54, 1.807) is 24.3 Å². The Bertz CT molecular complexity index is 1090. The Morgan fingerprint density at radius 2 is 2.07 bits per heavy atom. The average Bonchev–Trinajstić information content (AvgIpc) is 2.96. The molecule has 2 aromatic rings. The van der Waals surface area contributed by atoms with Crippen LogP contribution in [0.25, 0.3) is 6.08 Å². The van der Waals surface area contributed by atoms with E-state index in [0.717, 1.165) is 4.90 Å². The molecular weight excluding hydrogens is 457 g/mol. The number of carbonyl (C=O) groups excluding carboxylic acids is 3. The molecule has 2 N–H and O–H groups in total. The Morgan fingerprint density at radius 3 is 2.77 bits per heavy atom. The predicted octanol–water partition coefficient (Wildman–Crippen LogP) is 3.13. The maximum absolute atomic E-state index is 13.6. The molecule has 0 aromatic heterocycles. The van der Waals surface area contributed by atoms with Crippen LogP contribution in [0, 0.1) is 18.2 Å². The lowest BCUT2D eigenvalue weighted by Crippen LogP contribution is -2.38. The summed E-state index contributed by atoms with van der Waals surface area (Å²) in [6.45, 7) is -0.448. The molecule has 0 bridgehead atoms. The van der Waals surface area contributed by atoms with E-state index >= 15 is 0 Å². The Morgan fingerprint density at radius 1 is 1.30 bits per heavy atom. The van der Waals surface area contributed by atoms with Gasteiger partial charge in [-0.1, -0.05) is 24.1 Å². The van der Waals surface area contributed by atoms with Gasteiger partial charge in [-0.15, -0.1) is 6.42 Å². The standard InChI is InChI=1S/C21H15BrFN3O4/c1-2-9-30-18-8-7-13(10-14(18)22)11-17-20(28)26(21(29)25-17)12-19(27)24-16-6-4-3-5-15(16)23/h1,3-8,10-11H,9,12H2,(H,24,27)(H,25,29)/b17-11+. The van der Waals surface area contributed by atoms with Crippen molar-refractivity contribution in [2.24, 2.45) is 0 Å². The van der Waals surface area contributed by atoms with Crippen molar-refractivity contribution in [2.75, 3.05) is 18.5 Å². The van der Waals surface area contributed by atoms with E-state index in [1.807, 2.05) is 0 Å². The minimum absolute atomic E-state index is 0.00267. The Kier molecular flexibility index (Phi) is 6.49. The molecule has 0 radical (unpaired) electrons. The molecule has 0 aliphatic carbocycles. The zero-order valence-electron chi connectivity index (χ0n) is 15.4. The van der Waals surface area contributed by atoms with Crippen LogP contribution in [-0.4, -0.2) is 35.9 Å². The molecule has 1 aliphatic heterocycles. The minimum atomic E-state index is -0.747. The highest BCUT2D eigenvalue weighted by atomic mass is 79.9. The number of hydrogen-bond acceptors (Lipinski definition) is 4. The van der Waals surface area contributed by atoms with Crippen molar-refractivity contribution in [3.63, 3.8) is 0 Å². The third kappa shape index (κ3) is 4.85. The van der Waals surface area contributed by atoms with Crippen molar-refractivity contribution >= 4 is 45.5 Å². The van der Waals surface area contributed by atoms with Gasteiger partial charge in [0, 0.05) is 0 Å². The van der Waals surface area contributed by atoms with E-state index in [9.17, 15) is 18.8 Å². The second kappa shape index (κ2) is 9.24. The second-order valence-electron chi connectivity index (χ2n) is 6.09. The number of amides is 4. The molecule has 2 aromatic carbocycles. The third-order valence-corrected chi connectivity index (χ3v) is 4.61. The normalized spacial score (nSPS) is 14.4. The van der Waals surface area contributed by atoms with Crippen LogP contribution in [0.3, 0.4) is 0 Å². The van der Waals surface area contributed by atoms with E-state index < -0.39 is 30.2 Å². The quantitative estimate of drug-likeness (QED) is 0.384. The van der Waals surface area contributed by atoms with E-state index in [1.165, 1.54) is 24.3 Å². The average molecular weight is 472 g/mol. The number of anilines is 1. The minimum Gasteiger partial charge on any atom is -0.480 e. The fraction of sp³-hybridized carbons (Fsp3) is 0.0952. The van der Waals surface area contributed by atoms with Gasteiger partial charge in [0.25, 0.3) is 5.91 Å². The number of ether oxygens (including phenoxy) is 1. The summed E-state index contributed by atoms with van der Waals surface area (Å²) in [7, 11) is 0. The van der Waals surface area contributed by atoms with E-state index in [2.05, 4.69) is 32.5 Å². The van der Waals surface area contributed by atoms with Crippen molar-refractivity contribution in [2.45, 2.75) is 0 Å². The first kappa shape index (κ1) is 21.1. The number of carbonyl (C=O) groups is 3. The highest BCUT2D eigenvalue weighted by Crippen LogP contribution is 2.27. The van der Waals surface area contributed by atoms with Gasteiger partial charge in [0.05, 0.1) is 10.2 Å². The fourth-order valence-electron chi connectivity index (χ4n) is 2.62. The van der Waals surface area contributed by atoms with Crippen LogP contribution < -0.4 is 15.4 Å². The molecule has 0 unspecified atom stereocenters. The van der Waals surface area contributed by atoms with Gasteiger partial charge in [-0.05, 0) is 51.8 Å². The lowest BCUT2D eigenvalue weighted by Gasteiger charge is -2.12. The number of nitrogens with zero attached hydrogens (tertiary/aromatic N) is 1. The van der Waals surface area contributed by atoms with Crippen molar-refractivity contribution in [1.29, 1.82) is 0 Å². The van der Waals surface area contributed by atoms with Crippen LogP contribution in [-0.2, 0) is 9.59 Å². The first-order valence-electron chi connectivity index (χ1n) is 8.64. The smallest absolute Gasteiger partial charge is 0.329 e. The van der Waals surface area contributed by atoms with E-state index in [-0.39, 0.29) is 18.0 Å². The molecule has 0 spiro atoms. The van der Waals surface area contributed by atoms with Crippen LogP contribution in [0.2, 0.25) is 0 Å². The molecule has 0 saturated carbocycles. The lowest BCUT2D eigenvalue weighted by molar-refractivity contribution is -0.127. The van der Waals surface area contributed by atoms with Gasteiger partial charge in [-0.25, -0.2) is 14.1 Å². The Labute approximate surface area is 180 Å². The highest BCUT2D eigenvalue weighted by Gasteiger charge is 2.35. The molecule has 1 aliphatic rings. The van der Waals surface area contributed by atoms with Gasteiger partial charge >= 0.3 is 6.03 Å². The van der Waals surface area contributed by atoms with Crippen LogP contribution in [0.5, 0.6) is 5.75 Å². The van der Waals surface area contributed by atoms with E-state index in [4.69, 9.17) is 11.2 Å². The van der Waals surface area contributed by atoms with Crippen molar-refractivity contribution in [3.8, 4) is 18.1 Å². The Balaban J connectivity index is 1.70. The monoisotopic (exact) mass is 471 g/mol. The zero-order chi connectivity index (χ0) is 21.7. The molecule has 3 rings (SSSR count). The molecule has 1 heterocycles. The molecule has 152 valence electrons. The summed E-state index contributed by atoms with van der Waals surface area (Å²) in [6, 6.07) is 9.87. The topological polar surface area (TPSA) is 87.7 Å². The van der Waals surface area contributed by atoms with Crippen LogP contribution in [0.15, 0.2) is 52.6 Å². The van der Waals surface area contributed by atoms with Crippen molar-refractivity contribution in [1.82, 2.24) is 10.2 Å². The number of terminal acetylenes is 1. The summed E-state index contributed by atoms with van der Waals surface area (Å²) >= 11 is 3.35. The number of benzene rings is 2. The molecule has 4 amide bonds. The molecule has 1 saturated heterocycles. The maximum Gasteiger partial charge on any atom is 0.329 e. The molecule has 1 fully saturated rings. The molecule has 9 heteroatoms. The maximum atomic E-state index is 13.6.